The number of ether oxygens (including phenoxy) is 1. The summed E-state index contributed by atoms with van der Waals surface area (Å²) in [5.41, 5.74) is 3.07. The van der Waals surface area contributed by atoms with Crippen LogP contribution < -0.4 is 20.7 Å². The van der Waals surface area contributed by atoms with Gasteiger partial charge in [-0.15, -0.1) is 0 Å². The Morgan fingerprint density at radius 1 is 0.905 bits per heavy atom. The molecule has 1 aliphatic heterocycles. The Hall–Kier alpha value is -4.99. The van der Waals surface area contributed by atoms with E-state index >= 15 is 0 Å². The zero-order valence-corrected chi connectivity index (χ0v) is 38.9. The van der Waals surface area contributed by atoms with E-state index in [0.29, 0.717) is 66.0 Å². The molecule has 1 aromatic heterocycles. The van der Waals surface area contributed by atoms with E-state index < -0.39 is 36.4 Å². The third-order valence-corrected chi connectivity index (χ3v) is 11.4. The standard InChI is InChI=1S/C47H62Cl2N8O6/c1-47(2,3)51-23-22-39-46(62)53-38(30-58)45(61)52-36(25-31-10-15-34(48)16-11-31)9-8-24-55(6)43(59)20-21-44(60)57(39)28-33-12-17-35(49)26-41(33)63-37-18-13-32(14-19-37)40-27-50-42(56(40)7)29-54(4)5/h10-19,26-27,36,38-39,51,58H,8-9,20-25,28-30H2,1-7H3,(H,52,61)(H,53,62). The van der Waals surface area contributed by atoms with Crippen LogP contribution in [0.2, 0.25) is 10.0 Å². The molecule has 0 aliphatic carbocycles. The minimum atomic E-state index is -1.30. The fourth-order valence-corrected chi connectivity index (χ4v) is 7.72. The molecule has 1 saturated heterocycles. The van der Waals surface area contributed by atoms with Crippen molar-refractivity contribution in [3.05, 3.63) is 99.9 Å². The molecule has 0 bridgehead atoms. The zero-order valence-electron chi connectivity index (χ0n) is 37.4. The Morgan fingerprint density at radius 2 is 1.59 bits per heavy atom. The minimum Gasteiger partial charge on any atom is -0.457 e. The third kappa shape index (κ3) is 14.5. The lowest BCUT2D eigenvalue weighted by Gasteiger charge is -2.34. The first-order valence-corrected chi connectivity index (χ1v) is 22.1. The topological polar surface area (TPSA) is 161 Å². The number of aliphatic hydroxyl groups is 1. The van der Waals surface area contributed by atoms with Gasteiger partial charge in [-0.05, 0) is 121 Å². The van der Waals surface area contributed by atoms with Crippen LogP contribution in [0, 0.1) is 0 Å². The van der Waals surface area contributed by atoms with Gasteiger partial charge in [0.2, 0.25) is 23.6 Å². The molecule has 5 rings (SSSR count). The maximum atomic E-state index is 14.5. The Labute approximate surface area is 381 Å². The van der Waals surface area contributed by atoms with Crippen molar-refractivity contribution in [1.82, 2.24) is 40.2 Å². The summed E-state index contributed by atoms with van der Waals surface area (Å²) in [6.07, 6.45) is 3.29. The van der Waals surface area contributed by atoms with E-state index in [2.05, 4.69) is 30.4 Å². The molecular weight excluding hydrogens is 843 g/mol. The predicted octanol–water partition coefficient (Wildman–Crippen LogP) is 5.96. The van der Waals surface area contributed by atoms with Gasteiger partial charge in [0.25, 0.3) is 0 Å². The summed E-state index contributed by atoms with van der Waals surface area (Å²) >= 11 is 12.7. The van der Waals surface area contributed by atoms with Gasteiger partial charge in [-0.2, -0.15) is 0 Å². The van der Waals surface area contributed by atoms with Gasteiger partial charge in [0.15, 0.2) is 0 Å². The number of aliphatic hydroxyl groups excluding tert-OH is 1. The van der Waals surface area contributed by atoms with Crippen molar-refractivity contribution in [1.29, 1.82) is 0 Å². The lowest BCUT2D eigenvalue weighted by atomic mass is 10.0. The number of hydrogen-bond donors (Lipinski definition) is 4. The first kappa shape index (κ1) is 49.0. The monoisotopic (exact) mass is 904 g/mol. The van der Waals surface area contributed by atoms with Crippen LogP contribution >= 0.6 is 23.2 Å². The van der Waals surface area contributed by atoms with Crippen LogP contribution in [0.3, 0.4) is 0 Å². The van der Waals surface area contributed by atoms with Crippen molar-refractivity contribution in [2.75, 3.05) is 40.8 Å². The number of imidazole rings is 1. The summed E-state index contributed by atoms with van der Waals surface area (Å²) < 4.78 is 8.50. The number of aromatic nitrogens is 2. The highest BCUT2D eigenvalue weighted by atomic mass is 35.5. The lowest BCUT2D eigenvalue weighted by Crippen LogP contribution is -2.57. The second-order valence-electron chi connectivity index (χ2n) is 17.5. The molecule has 3 unspecified atom stereocenters. The van der Waals surface area contributed by atoms with Crippen LogP contribution in [0.15, 0.2) is 72.9 Å². The first-order valence-electron chi connectivity index (χ1n) is 21.4. The predicted molar refractivity (Wildman–Crippen MR) is 246 cm³/mol. The molecule has 4 N–H and O–H groups in total. The first-order chi connectivity index (χ1) is 29.9. The Balaban J connectivity index is 1.46. The van der Waals surface area contributed by atoms with Crippen LogP contribution in [0.4, 0.5) is 0 Å². The lowest BCUT2D eigenvalue weighted by molar-refractivity contribution is -0.144. The Morgan fingerprint density at radius 3 is 2.25 bits per heavy atom. The summed E-state index contributed by atoms with van der Waals surface area (Å²) in [5, 5.41) is 20.7. The van der Waals surface area contributed by atoms with E-state index in [1.54, 1.807) is 42.3 Å². The fraction of sp³-hybridized carbons (Fsp3) is 0.468. The number of carbonyl (C=O) groups is 4. The van der Waals surface area contributed by atoms with Crippen LogP contribution in [0.1, 0.15) is 69.8 Å². The molecule has 63 heavy (non-hydrogen) atoms. The summed E-state index contributed by atoms with van der Waals surface area (Å²) in [4.78, 5) is 66.0. The largest absolute Gasteiger partial charge is 0.457 e. The molecule has 4 aromatic rings. The third-order valence-electron chi connectivity index (χ3n) is 10.9. The molecule has 14 nitrogen and oxygen atoms in total. The molecule has 3 atom stereocenters. The molecule has 2 heterocycles. The van der Waals surface area contributed by atoms with Crippen molar-refractivity contribution in [3.8, 4) is 22.8 Å². The van der Waals surface area contributed by atoms with Crippen molar-refractivity contribution < 1.29 is 29.0 Å². The van der Waals surface area contributed by atoms with Crippen molar-refractivity contribution >= 4 is 46.8 Å². The molecular formula is C47H62Cl2N8O6. The number of halogens is 2. The number of nitrogens with zero attached hydrogens (tertiary/aromatic N) is 5. The van der Waals surface area contributed by atoms with Gasteiger partial charge in [-0.25, -0.2) is 4.98 Å². The van der Waals surface area contributed by atoms with E-state index in [1.807, 2.05) is 84.5 Å². The van der Waals surface area contributed by atoms with E-state index in [4.69, 9.17) is 27.9 Å². The van der Waals surface area contributed by atoms with Crippen LogP contribution in [0.5, 0.6) is 11.5 Å². The van der Waals surface area contributed by atoms with Crippen molar-refractivity contribution in [2.24, 2.45) is 7.05 Å². The highest BCUT2D eigenvalue weighted by Crippen LogP contribution is 2.32. The van der Waals surface area contributed by atoms with Gasteiger partial charge >= 0.3 is 0 Å². The summed E-state index contributed by atoms with van der Waals surface area (Å²) in [6.45, 7) is 6.64. The second-order valence-corrected chi connectivity index (χ2v) is 18.3. The average Bonchev–Trinajstić information content (AvgIpc) is 3.58. The van der Waals surface area contributed by atoms with E-state index in [-0.39, 0.29) is 43.3 Å². The van der Waals surface area contributed by atoms with Crippen molar-refractivity contribution in [2.45, 2.75) is 96.1 Å². The number of amides is 4. The van der Waals surface area contributed by atoms with Crippen LogP contribution in [-0.4, -0.2) is 117 Å². The van der Waals surface area contributed by atoms with Gasteiger partial charge in [-0.1, -0.05) is 41.4 Å². The zero-order chi connectivity index (χ0) is 45.8. The highest BCUT2D eigenvalue weighted by Gasteiger charge is 2.34. The van der Waals surface area contributed by atoms with Crippen molar-refractivity contribution in [3.63, 3.8) is 0 Å². The summed E-state index contributed by atoms with van der Waals surface area (Å²) in [7, 11) is 7.66. The van der Waals surface area contributed by atoms with Gasteiger partial charge in [0, 0.05) is 66.2 Å². The van der Waals surface area contributed by atoms with E-state index in [1.165, 1.54) is 4.90 Å². The molecule has 1 fully saturated rings. The average molecular weight is 906 g/mol. The Kier molecular flexibility index (Phi) is 17.6. The molecule has 0 spiro atoms. The number of rotatable bonds is 13. The molecule has 0 saturated carbocycles. The SMILES string of the molecule is CN(C)Cc1ncc(-c2ccc(Oc3cc(Cl)ccc3CN3C(=O)CCC(=O)N(C)CCCC(Cc4ccc(Cl)cc4)NC(=O)C(CO)NC(=O)C3CCNC(C)(C)C)cc2)n1C. The molecule has 0 radical (unpaired) electrons. The summed E-state index contributed by atoms with van der Waals surface area (Å²) in [6, 6.07) is 17.2. The van der Waals surface area contributed by atoms with Gasteiger partial charge in [0.1, 0.15) is 29.4 Å². The number of benzene rings is 3. The van der Waals surface area contributed by atoms with E-state index in [0.717, 1.165) is 22.6 Å². The molecule has 16 heteroatoms. The highest BCUT2D eigenvalue weighted by molar-refractivity contribution is 6.31. The number of carbonyl (C=O) groups excluding carboxylic acids is 4. The molecule has 340 valence electrons. The summed E-state index contributed by atoms with van der Waals surface area (Å²) in [5.74, 6) is -0.0477. The number of hydrogen-bond acceptors (Lipinski definition) is 9. The van der Waals surface area contributed by atoms with Crippen LogP contribution in [0.25, 0.3) is 11.3 Å². The maximum Gasteiger partial charge on any atom is 0.245 e. The van der Waals surface area contributed by atoms with Gasteiger partial charge in [-0.3, -0.25) is 19.2 Å². The fourth-order valence-electron chi connectivity index (χ4n) is 7.43. The second kappa shape index (κ2) is 22.6. The normalized spacial score (nSPS) is 18.7. The Bertz CT molecular complexity index is 2170. The maximum absolute atomic E-state index is 14.5. The van der Waals surface area contributed by atoms with Crippen LogP contribution in [-0.2, 0) is 45.7 Å². The molecule has 1 aliphatic rings. The van der Waals surface area contributed by atoms with Gasteiger partial charge in [0.05, 0.1) is 31.6 Å². The van der Waals surface area contributed by atoms with Gasteiger partial charge < -0.3 is 45.1 Å². The minimum absolute atomic E-state index is 0.0752. The van der Waals surface area contributed by atoms with E-state index in [9.17, 15) is 24.3 Å². The molecule has 4 amide bonds. The quantitative estimate of drug-likeness (QED) is 0.127. The number of nitrogens with one attached hydrogen (secondary N) is 3. The molecule has 3 aromatic carbocycles. The smallest absolute Gasteiger partial charge is 0.245 e.